The van der Waals surface area contributed by atoms with Gasteiger partial charge in [0.1, 0.15) is 5.82 Å². The van der Waals surface area contributed by atoms with Crippen LogP contribution in [0.3, 0.4) is 0 Å². The van der Waals surface area contributed by atoms with Crippen LogP contribution in [-0.2, 0) is 0 Å². The molecule has 6 nitrogen and oxygen atoms in total. The number of rotatable bonds is 5. The molecule has 5 rings (SSSR count). The summed E-state index contributed by atoms with van der Waals surface area (Å²) in [5.74, 6) is 0.433. The minimum Gasteiger partial charge on any atom is -0.444 e. The Bertz CT molecular complexity index is 1380. The van der Waals surface area contributed by atoms with Gasteiger partial charge in [-0.1, -0.05) is 24.3 Å². The lowest BCUT2D eigenvalue weighted by Crippen LogP contribution is -2.13. The zero-order valence-corrected chi connectivity index (χ0v) is 16.7. The van der Waals surface area contributed by atoms with Crippen molar-refractivity contribution in [3.63, 3.8) is 0 Å². The van der Waals surface area contributed by atoms with Crippen LogP contribution in [0.25, 0.3) is 34.1 Å². The standard InChI is InChI=1S/C25H16FN3O3/c26-21-8-4-3-7-20(21)23-14-28-25(32-23)19-6-2-1-5-18(19)24(30)29-17-11-9-16(10-12-17)22-13-27-15-31-22/h1-15H,(H,29,30). The molecule has 1 N–H and O–H groups in total. The van der Waals surface area contributed by atoms with Crippen molar-refractivity contribution in [1.29, 1.82) is 0 Å². The Morgan fingerprint density at radius 2 is 1.59 bits per heavy atom. The summed E-state index contributed by atoms with van der Waals surface area (Å²) in [7, 11) is 0. The lowest BCUT2D eigenvalue weighted by atomic mass is 10.1. The first-order valence-electron chi connectivity index (χ1n) is 9.79. The Balaban J connectivity index is 1.40. The van der Waals surface area contributed by atoms with Gasteiger partial charge in [-0.15, -0.1) is 0 Å². The van der Waals surface area contributed by atoms with E-state index < -0.39 is 5.82 Å². The average Bonchev–Trinajstić information content (AvgIpc) is 3.53. The molecule has 156 valence electrons. The van der Waals surface area contributed by atoms with Gasteiger partial charge in [0.25, 0.3) is 5.91 Å². The first kappa shape index (κ1) is 19.4. The van der Waals surface area contributed by atoms with Gasteiger partial charge >= 0.3 is 0 Å². The molecular weight excluding hydrogens is 409 g/mol. The summed E-state index contributed by atoms with van der Waals surface area (Å²) in [6, 6.07) is 20.5. The highest BCUT2D eigenvalue weighted by molar-refractivity contribution is 6.08. The molecular formula is C25H16FN3O3. The normalized spacial score (nSPS) is 10.8. The predicted molar refractivity (Wildman–Crippen MR) is 117 cm³/mol. The quantitative estimate of drug-likeness (QED) is 0.370. The Morgan fingerprint density at radius 3 is 2.34 bits per heavy atom. The Labute approximate surface area is 182 Å². The highest BCUT2D eigenvalue weighted by Gasteiger charge is 2.18. The lowest BCUT2D eigenvalue weighted by Gasteiger charge is -2.09. The van der Waals surface area contributed by atoms with E-state index in [2.05, 4.69) is 15.3 Å². The first-order chi connectivity index (χ1) is 15.7. The van der Waals surface area contributed by atoms with Crippen molar-refractivity contribution >= 4 is 11.6 Å². The number of benzene rings is 3. The second kappa shape index (κ2) is 8.31. The molecule has 0 aliphatic heterocycles. The molecule has 0 aliphatic rings. The maximum absolute atomic E-state index is 14.1. The third-order valence-electron chi connectivity index (χ3n) is 4.91. The van der Waals surface area contributed by atoms with Crippen molar-refractivity contribution in [2.75, 3.05) is 5.32 Å². The SMILES string of the molecule is O=C(Nc1ccc(-c2cnco2)cc1)c1ccccc1-c1ncc(-c2ccccc2F)o1. The number of nitrogens with one attached hydrogen (secondary N) is 1. The number of anilines is 1. The number of aromatic nitrogens is 2. The smallest absolute Gasteiger partial charge is 0.256 e. The molecule has 32 heavy (non-hydrogen) atoms. The van der Waals surface area contributed by atoms with Gasteiger partial charge in [-0.3, -0.25) is 4.79 Å². The average molecular weight is 425 g/mol. The molecule has 1 amide bonds. The van der Waals surface area contributed by atoms with E-state index in [1.165, 1.54) is 18.7 Å². The Morgan fingerprint density at radius 1 is 0.844 bits per heavy atom. The fourth-order valence-electron chi connectivity index (χ4n) is 3.33. The molecule has 0 aliphatic carbocycles. The van der Waals surface area contributed by atoms with Crippen molar-refractivity contribution < 1.29 is 18.0 Å². The summed E-state index contributed by atoms with van der Waals surface area (Å²) in [5, 5.41) is 2.87. The zero-order valence-electron chi connectivity index (χ0n) is 16.7. The highest BCUT2D eigenvalue weighted by Crippen LogP contribution is 2.30. The topological polar surface area (TPSA) is 81.2 Å². The molecule has 2 heterocycles. The molecule has 3 aromatic carbocycles. The van der Waals surface area contributed by atoms with E-state index >= 15 is 0 Å². The number of amides is 1. The van der Waals surface area contributed by atoms with E-state index in [0.717, 1.165) is 5.56 Å². The van der Waals surface area contributed by atoms with Crippen molar-refractivity contribution in [1.82, 2.24) is 9.97 Å². The van der Waals surface area contributed by atoms with Gasteiger partial charge in [0.15, 0.2) is 17.9 Å². The molecule has 0 atom stereocenters. The van der Waals surface area contributed by atoms with Crippen LogP contribution in [0.4, 0.5) is 10.1 Å². The van der Waals surface area contributed by atoms with Crippen LogP contribution < -0.4 is 5.32 Å². The highest BCUT2D eigenvalue weighted by atomic mass is 19.1. The molecule has 0 radical (unpaired) electrons. The monoisotopic (exact) mass is 425 g/mol. The van der Waals surface area contributed by atoms with Gasteiger partial charge in [-0.05, 0) is 48.5 Å². The van der Waals surface area contributed by atoms with Crippen LogP contribution in [0, 0.1) is 5.82 Å². The number of carbonyl (C=O) groups excluding carboxylic acids is 1. The molecule has 7 heteroatoms. The zero-order chi connectivity index (χ0) is 21.9. The van der Waals surface area contributed by atoms with E-state index in [-0.39, 0.29) is 17.6 Å². The molecule has 0 spiro atoms. The summed E-state index contributed by atoms with van der Waals surface area (Å²) in [5.41, 5.74) is 2.66. The van der Waals surface area contributed by atoms with E-state index in [1.54, 1.807) is 60.8 Å². The largest absolute Gasteiger partial charge is 0.444 e. The van der Waals surface area contributed by atoms with Crippen LogP contribution in [0.15, 0.2) is 100 Å². The van der Waals surface area contributed by atoms with E-state index in [1.807, 2.05) is 12.1 Å². The van der Waals surface area contributed by atoms with Gasteiger partial charge < -0.3 is 14.2 Å². The second-order valence-electron chi connectivity index (χ2n) is 6.95. The molecule has 0 saturated carbocycles. The van der Waals surface area contributed by atoms with Gasteiger partial charge in [-0.25, -0.2) is 14.4 Å². The van der Waals surface area contributed by atoms with Crippen molar-refractivity contribution in [3.05, 3.63) is 103 Å². The maximum atomic E-state index is 14.1. The molecule has 0 fully saturated rings. The van der Waals surface area contributed by atoms with Crippen LogP contribution in [0.5, 0.6) is 0 Å². The number of nitrogens with zero attached hydrogens (tertiary/aromatic N) is 2. The fourth-order valence-corrected chi connectivity index (χ4v) is 3.33. The van der Waals surface area contributed by atoms with Crippen LogP contribution in [0.2, 0.25) is 0 Å². The first-order valence-corrected chi connectivity index (χ1v) is 9.79. The Kier molecular flexibility index (Phi) is 5.05. The molecule has 0 saturated heterocycles. The minimum absolute atomic E-state index is 0.231. The van der Waals surface area contributed by atoms with Crippen molar-refractivity contribution in [3.8, 4) is 34.1 Å². The number of hydrogen-bond donors (Lipinski definition) is 1. The summed E-state index contributed by atoms with van der Waals surface area (Å²) in [6.07, 6.45) is 4.43. The summed E-state index contributed by atoms with van der Waals surface area (Å²) in [4.78, 5) is 21.1. The Hall–Kier alpha value is -4.52. The predicted octanol–water partition coefficient (Wildman–Crippen LogP) is 6.06. The van der Waals surface area contributed by atoms with Crippen molar-refractivity contribution in [2.24, 2.45) is 0 Å². The number of carbonyl (C=O) groups is 1. The molecule has 0 bridgehead atoms. The van der Waals surface area contributed by atoms with Crippen LogP contribution in [0.1, 0.15) is 10.4 Å². The number of halogens is 1. The van der Waals surface area contributed by atoms with Gasteiger partial charge in [0.2, 0.25) is 5.89 Å². The summed E-state index contributed by atoms with van der Waals surface area (Å²) >= 11 is 0. The minimum atomic E-state index is -0.407. The maximum Gasteiger partial charge on any atom is 0.256 e. The van der Waals surface area contributed by atoms with Gasteiger partial charge in [-0.2, -0.15) is 0 Å². The number of oxazole rings is 2. The van der Waals surface area contributed by atoms with E-state index in [4.69, 9.17) is 8.83 Å². The lowest BCUT2D eigenvalue weighted by molar-refractivity contribution is 0.102. The third kappa shape index (κ3) is 3.79. The van der Waals surface area contributed by atoms with E-state index in [0.29, 0.717) is 28.1 Å². The van der Waals surface area contributed by atoms with Gasteiger partial charge in [0, 0.05) is 16.8 Å². The third-order valence-corrected chi connectivity index (χ3v) is 4.91. The van der Waals surface area contributed by atoms with Crippen LogP contribution in [-0.4, -0.2) is 15.9 Å². The van der Waals surface area contributed by atoms with Crippen LogP contribution >= 0.6 is 0 Å². The second-order valence-corrected chi connectivity index (χ2v) is 6.95. The van der Waals surface area contributed by atoms with E-state index in [9.17, 15) is 9.18 Å². The van der Waals surface area contributed by atoms with Crippen molar-refractivity contribution in [2.45, 2.75) is 0 Å². The fraction of sp³-hybridized carbons (Fsp3) is 0. The molecule has 0 unspecified atom stereocenters. The van der Waals surface area contributed by atoms with Gasteiger partial charge in [0.05, 0.1) is 23.5 Å². The number of hydrogen-bond acceptors (Lipinski definition) is 5. The summed E-state index contributed by atoms with van der Waals surface area (Å²) < 4.78 is 25.2. The molecule has 5 aromatic rings. The molecule has 2 aromatic heterocycles. The summed E-state index contributed by atoms with van der Waals surface area (Å²) in [6.45, 7) is 0.